The average molecular weight is 222 g/mol. The van der Waals surface area contributed by atoms with Crippen LogP contribution >= 0.6 is 18.1 Å². The highest BCUT2D eigenvalue weighted by atomic mass is 35.6. The molecule has 0 N–H and O–H groups in total. The first-order valence-electron chi connectivity index (χ1n) is 4.10. The van der Waals surface area contributed by atoms with Gasteiger partial charge in [-0.05, 0) is 0 Å². The lowest BCUT2D eigenvalue weighted by Gasteiger charge is -2.26. The summed E-state index contributed by atoms with van der Waals surface area (Å²) in [5.41, 5.74) is 0. The third-order valence-electron chi connectivity index (χ3n) is 2.06. The Hall–Kier alpha value is 1.56. The maximum Gasteiger partial charge on any atom is 0.618 e. The van der Waals surface area contributed by atoms with Crippen LogP contribution < -0.4 is 0 Å². The van der Waals surface area contributed by atoms with Crippen LogP contribution in [0.2, 0.25) is 18.6 Å². The average Bonchev–Trinajstić information content (AvgIpc) is 1.88. The number of hydrogen-bond acceptors (Lipinski definition) is 0. The van der Waals surface area contributed by atoms with E-state index in [1.165, 1.54) is 31.4 Å². The molecule has 11 heavy (non-hydrogen) atoms. The molecule has 0 aromatic carbocycles. The quantitative estimate of drug-likeness (QED) is 0.549. The fraction of sp³-hybridized carbons (Fsp3) is 0.857. The summed E-state index contributed by atoms with van der Waals surface area (Å²) in [7, 11) is 8.97. The topological polar surface area (TPSA) is 0 Å². The summed E-state index contributed by atoms with van der Waals surface area (Å²) < 4.78 is 0. The summed E-state index contributed by atoms with van der Waals surface area (Å²) in [5, 5.41) is 0. The van der Waals surface area contributed by atoms with E-state index >= 15 is 0 Å². The van der Waals surface area contributed by atoms with Gasteiger partial charge in [0.15, 0.2) is 0 Å². The van der Waals surface area contributed by atoms with Gasteiger partial charge in [0.2, 0.25) is 0 Å². The predicted molar refractivity (Wildman–Crippen MR) is 57.9 cm³/mol. The van der Waals surface area contributed by atoms with Crippen LogP contribution in [0.15, 0.2) is 0 Å². The second-order valence-corrected chi connectivity index (χ2v) is 10.7. The van der Waals surface area contributed by atoms with Gasteiger partial charge in [-0.1, -0.05) is 44.4 Å². The highest BCUT2D eigenvalue weighted by Crippen LogP contribution is 2.26. The van der Waals surface area contributed by atoms with Crippen LogP contribution in [-0.2, 0) is 0 Å². The van der Waals surface area contributed by atoms with Gasteiger partial charge in [0.1, 0.15) is 0 Å². The third-order valence-corrected chi connectivity index (χ3v) is 5.18. The van der Waals surface area contributed by atoms with Gasteiger partial charge in [-0.15, -0.1) is 0 Å². The highest BCUT2D eigenvalue weighted by Gasteiger charge is 2.22. The second kappa shape index (κ2) is 7.01. The van der Waals surface area contributed by atoms with Crippen LogP contribution in [0.25, 0.3) is 0 Å². The van der Waals surface area contributed by atoms with E-state index in [0.29, 0.717) is 0 Å². The van der Waals surface area contributed by atoms with Crippen molar-refractivity contribution in [1.29, 1.82) is 0 Å². The van der Waals surface area contributed by atoms with E-state index < -0.39 is 26.2 Å². The van der Waals surface area contributed by atoms with Crippen molar-refractivity contribution in [3.8, 4) is 0 Å². The molecule has 0 spiro atoms. The first-order valence-corrected chi connectivity index (χ1v) is 11.5. The minimum Gasteiger partial charge on any atom is -0.309 e. The Morgan fingerprint density at radius 2 is 1.55 bits per heavy atom. The molecule has 4 heteroatoms. The monoisotopic (exact) mass is 221 g/mol. The molecule has 1 fully saturated rings. The van der Waals surface area contributed by atoms with E-state index in [9.17, 15) is 0 Å². The molecule has 1 radical (unpaired) electrons. The molecule has 63 valence electrons. The molecule has 0 aromatic rings. The van der Waals surface area contributed by atoms with Gasteiger partial charge < -0.3 is 18.1 Å². The Balaban J connectivity index is 0.000000292. The van der Waals surface area contributed by atoms with Crippen molar-refractivity contribution in [2.24, 2.45) is 0 Å². The third kappa shape index (κ3) is 7.91. The van der Waals surface area contributed by atoms with Crippen molar-refractivity contribution in [1.82, 2.24) is 0 Å². The molecule has 1 saturated heterocycles. The van der Waals surface area contributed by atoms with Gasteiger partial charge in [0.25, 0.3) is 0 Å². The maximum absolute atomic E-state index is 4.90. The van der Waals surface area contributed by atoms with Crippen molar-refractivity contribution in [2.45, 2.75) is 37.9 Å². The number of halogens is 2. The summed E-state index contributed by atoms with van der Waals surface area (Å²) in [6, 6.07) is 2.96. The minimum atomic E-state index is -0.840. The molecule has 0 aromatic heterocycles. The van der Waals surface area contributed by atoms with E-state index in [1.807, 2.05) is 0 Å². The largest absolute Gasteiger partial charge is 0.618 e. The molecule has 0 bridgehead atoms. The fourth-order valence-corrected chi connectivity index (χ4v) is 3.86. The lowest BCUT2D eigenvalue weighted by Crippen LogP contribution is -2.28. The standard InChI is InChI=1S/C7H15Si.2ClH.Mg/c1-8(2)6-4-3-5-7-8;;;/h1,3-7H2,2H3;2*1H;/q;;;+2/p-2. The molecule has 0 saturated carbocycles. The first kappa shape index (κ1) is 12.6. The first-order chi connectivity index (χ1) is 5.12. The molecule has 1 rings (SSSR count). The smallest absolute Gasteiger partial charge is 0.309 e. The van der Waals surface area contributed by atoms with Crippen LogP contribution in [0.1, 0.15) is 19.3 Å². The summed E-state index contributed by atoms with van der Waals surface area (Å²) in [6.07, 6.45) is 4.40. The Morgan fingerprint density at radius 3 is 1.73 bits per heavy atom. The molecule has 1 heterocycles. The molecular weight excluding hydrogens is 207 g/mol. The van der Waals surface area contributed by atoms with Crippen LogP contribution in [0, 0.1) is 6.55 Å². The van der Waals surface area contributed by atoms with Gasteiger partial charge in [-0.25, -0.2) is 0 Å². The van der Waals surface area contributed by atoms with Crippen LogP contribution in [-0.4, -0.2) is 26.2 Å². The molecule has 0 amide bonds. The number of rotatable bonds is 0. The molecule has 0 aliphatic carbocycles. The van der Waals surface area contributed by atoms with Crippen LogP contribution in [0.4, 0.5) is 0 Å². The predicted octanol–water partition coefficient (Wildman–Crippen LogP) is 3.62. The van der Waals surface area contributed by atoms with Crippen LogP contribution in [0.3, 0.4) is 0 Å². The SMILES string of the molecule is [CH2][Si]1(C)CCCCC1.[Cl][Mg][Cl]. The van der Waals surface area contributed by atoms with Gasteiger partial charge in [0.05, 0.1) is 8.07 Å². The normalized spacial score (nSPS) is 21.1. The lowest BCUT2D eigenvalue weighted by molar-refractivity contribution is 0.716. The van der Waals surface area contributed by atoms with Gasteiger partial charge in [-0.3, -0.25) is 0 Å². The molecular formula is C7H15Cl2MgSi. The molecule has 1 aliphatic heterocycles. The summed E-state index contributed by atoms with van der Waals surface area (Å²) >= 11 is -0.639. The fourth-order valence-electron chi connectivity index (χ4n) is 1.41. The summed E-state index contributed by atoms with van der Waals surface area (Å²) in [6.45, 7) is 6.68. The number of hydrogen-bond donors (Lipinski definition) is 0. The Morgan fingerprint density at radius 1 is 1.18 bits per heavy atom. The summed E-state index contributed by atoms with van der Waals surface area (Å²) in [5.74, 6) is 0. The maximum atomic E-state index is 4.90. The van der Waals surface area contributed by atoms with E-state index in [0.717, 1.165) is 0 Å². The van der Waals surface area contributed by atoms with E-state index in [4.69, 9.17) is 18.1 Å². The van der Waals surface area contributed by atoms with Crippen molar-refractivity contribution >= 4 is 44.4 Å². The van der Waals surface area contributed by atoms with Gasteiger partial charge in [-0.2, -0.15) is 0 Å². The molecule has 0 atom stereocenters. The van der Waals surface area contributed by atoms with Crippen molar-refractivity contribution in [2.75, 3.05) is 0 Å². The molecule has 0 unspecified atom stereocenters. The van der Waals surface area contributed by atoms with Gasteiger partial charge >= 0.3 is 18.2 Å². The lowest BCUT2D eigenvalue weighted by atomic mass is 10.3. The Labute approximate surface area is 88.3 Å². The van der Waals surface area contributed by atoms with E-state index in [1.54, 1.807) is 0 Å². The Bertz CT molecular complexity index is 90.4. The van der Waals surface area contributed by atoms with E-state index in [-0.39, 0.29) is 0 Å². The zero-order valence-electron chi connectivity index (χ0n) is 7.21. The highest BCUT2D eigenvalue weighted by molar-refractivity contribution is 7.22. The van der Waals surface area contributed by atoms with Gasteiger partial charge in [0, 0.05) is 0 Å². The zero-order chi connectivity index (χ0) is 8.74. The van der Waals surface area contributed by atoms with E-state index in [2.05, 4.69) is 13.1 Å². The summed E-state index contributed by atoms with van der Waals surface area (Å²) in [4.78, 5) is 0. The van der Waals surface area contributed by atoms with Crippen LogP contribution in [0.5, 0.6) is 0 Å². The van der Waals surface area contributed by atoms with Crippen molar-refractivity contribution in [3.63, 3.8) is 0 Å². The zero-order valence-corrected chi connectivity index (χ0v) is 11.1. The molecule has 1 aliphatic rings. The van der Waals surface area contributed by atoms with Crippen molar-refractivity contribution in [3.05, 3.63) is 6.55 Å². The second-order valence-electron chi connectivity index (χ2n) is 3.47. The minimum absolute atomic E-state index is 0.639. The molecule has 0 nitrogen and oxygen atoms in total. The van der Waals surface area contributed by atoms with Crippen molar-refractivity contribution < 1.29 is 0 Å². The Kier molecular flexibility index (Phi) is 8.01.